The molecule has 0 aliphatic carbocycles. The van der Waals surface area contributed by atoms with Crippen LogP contribution in [0.15, 0.2) is 0 Å². The van der Waals surface area contributed by atoms with Gasteiger partial charge in [-0.25, -0.2) is 8.42 Å². The first-order valence-corrected chi connectivity index (χ1v) is 7.52. The van der Waals surface area contributed by atoms with Gasteiger partial charge >= 0.3 is 0 Å². The van der Waals surface area contributed by atoms with Crippen LogP contribution in [-0.4, -0.2) is 19.9 Å². The third kappa shape index (κ3) is 9.74. The first kappa shape index (κ1) is 14.4. The average Bonchev–Trinajstić information content (AvgIpc) is 2.16. The molecule has 0 aromatic rings. The largest absolute Gasteiger partial charge is 0.228 e. The molecule has 0 saturated carbocycles. The number of hydrogen-bond donors (Lipinski definition) is 0. The molecule has 88 valence electrons. The molecule has 3 nitrogen and oxygen atoms in total. The Morgan fingerprint density at radius 1 is 1.00 bits per heavy atom. The number of sulfone groups is 1. The minimum absolute atomic E-state index is 0.175. The Kier molecular flexibility index (Phi) is 8.40. The molecule has 0 fully saturated rings. The summed E-state index contributed by atoms with van der Waals surface area (Å²) >= 11 is 0. The summed E-state index contributed by atoms with van der Waals surface area (Å²) in [7, 11) is -3.09. The number of nitrogens with zero attached hydrogens (tertiary/aromatic N) is 1. The van der Waals surface area contributed by atoms with Gasteiger partial charge in [0.2, 0.25) is 0 Å². The summed E-state index contributed by atoms with van der Waals surface area (Å²) < 4.78 is 22.3. The molecule has 0 aliphatic heterocycles. The van der Waals surface area contributed by atoms with Gasteiger partial charge in [-0.05, 0) is 6.42 Å². The lowest BCUT2D eigenvalue weighted by Crippen LogP contribution is -2.09. The number of unbranched alkanes of at least 4 members (excludes halogenated alkanes) is 6. The average molecular weight is 231 g/mol. The van der Waals surface area contributed by atoms with Crippen molar-refractivity contribution >= 4 is 9.84 Å². The third-order valence-electron chi connectivity index (χ3n) is 2.34. The van der Waals surface area contributed by atoms with Crippen LogP contribution in [-0.2, 0) is 9.84 Å². The van der Waals surface area contributed by atoms with Crippen LogP contribution in [0.4, 0.5) is 0 Å². The molecule has 15 heavy (non-hydrogen) atoms. The molecule has 0 amide bonds. The first-order valence-electron chi connectivity index (χ1n) is 5.69. The second-order valence-corrected chi connectivity index (χ2v) is 6.06. The van der Waals surface area contributed by atoms with Crippen LogP contribution in [0.3, 0.4) is 0 Å². The zero-order chi connectivity index (χ0) is 11.6. The highest BCUT2D eigenvalue weighted by Gasteiger charge is 2.08. The van der Waals surface area contributed by atoms with E-state index >= 15 is 0 Å². The maximum Gasteiger partial charge on any atom is 0.163 e. The highest BCUT2D eigenvalue weighted by Crippen LogP contribution is 2.07. The van der Waals surface area contributed by atoms with Gasteiger partial charge in [-0.1, -0.05) is 45.4 Å². The lowest BCUT2D eigenvalue weighted by molar-refractivity contribution is 0.581. The van der Waals surface area contributed by atoms with Crippen molar-refractivity contribution in [3.05, 3.63) is 0 Å². The Hall–Kier alpha value is -0.560. The molecule has 0 rings (SSSR count). The van der Waals surface area contributed by atoms with Crippen molar-refractivity contribution in [2.45, 2.75) is 51.9 Å². The molecular weight excluding hydrogens is 210 g/mol. The number of nitriles is 1. The molecule has 0 N–H and O–H groups in total. The van der Waals surface area contributed by atoms with Gasteiger partial charge in [-0.2, -0.15) is 5.26 Å². The second kappa shape index (κ2) is 8.72. The standard InChI is InChI=1S/C11H21NO2S/c1-2-3-4-5-6-7-8-10-15(13,14)11-9-12/h2-8,10-11H2,1H3. The first-order chi connectivity index (χ1) is 7.12. The van der Waals surface area contributed by atoms with Crippen LogP contribution >= 0.6 is 0 Å². The van der Waals surface area contributed by atoms with E-state index in [9.17, 15) is 8.42 Å². The maximum atomic E-state index is 11.1. The molecule has 0 bridgehead atoms. The van der Waals surface area contributed by atoms with E-state index in [0.29, 0.717) is 6.42 Å². The molecular formula is C11H21NO2S. The van der Waals surface area contributed by atoms with E-state index in [1.807, 2.05) is 0 Å². The predicted octanol–water partition coefficient (Wildman–Crippen LogP) is 2.68. The van der Waals surface area contributed by atoms with Crippen molar-refractivity contribution in [2.75, 3.05) is 11.5 Å². The predicted molar refractivity (Wildman–Crippen MR) is 62.3 cm³/mol. The fourth-order valence-corrected chi connectivity index (χ4v) is 2.43. The highest BCUT2D eigenvalue weighted by molar-refractivity contribution is 7.91. The molecule has 0 radical (unpaired) electrons. The van der Waals surface area contributed by atoms with Gasteiger partial charge in [-0.3, -0.25) is 0 Å². The Bertz CT molecular complexity index is 277. The van der Waals surface area contributed by atoms with Crippen LogP contribution < -0.4 is 0 Å². The third-order valence-corrected chi connectivity index (χ3v) is 3.82. The van der Waals surface area contributed by atoms with Gasteiger partial charge in [0, 0.05) is 0 Å². The summed E-state index contributed by atoms with van der Waals surface area (Å²) in [6, 6.07) is 1.69. The Morgan fingerprint density at radius 2 is 1.53 bits per heavy atom. The van der Waals surface area contributed by atoms with Gasteiger partial charge in [0.1, 0.15) is 5.75 Å². The molecule has 0 aromatic heterocycles. The van der Waals surface area contributed by atoms with Crippen LogP contribution in [0.25, 0.3) is 0 Å². The molecule has 4 heteroatoms. The maximum absolute atomic E-state index is 11.1. The van der Waals surface area contributed by atoms with E-state index in [-0.39, 0.29) is 11.5 Å². The minimum atomic E-state index is -3.09. The van der Waals surface area contributed by atoms with Gasteiger partial charge in [0.15, 0.2) is 9.84 Å². The summed E-state index contributed by atoms with van der Waals surface area (Å²) in [6.07, 6.45) is 7.74. The topological polar surface area (TPSA) is 57.9 Å². The highest BCUT2D eigenvalue weighted by atomic mass is 32.2. The summed E-state index contributed by atoms with van der Waals surface area (Å²) in [5.41, 5.74) is 0. The van der Waals surface area contributed by atoms with Crippen molar-refractivity contribution in [2.24, 2.45) is 0 Å². The molecule has 0 unspecified atom stereocenters. The Balaban J connectivity index is 3.36. The van der Waals surface area contributed by atoms with Gasteiger partial charge in [0.05, 0.1) is 11.8 Å². The smallest absolute Gasteiger partial charge is 0.163 e. The van der Waals surface area contributed by atoms with E-state index < -0.39 is 9.84 Å². The van der Waals surface area contributed by atoms with Crippen LogP contribution in [0.2, 0.25) is 0 Å². The van der Waals surface area contributed by atoms with E-state index in [4.69, 9.17) is 5.26 Å². The van der Waals surface area contributed by atoms with Crippen LogP contribution in [0.1, 0.15) is 51.9 Å². The quantitative estimate of drug-likeness (QED) is 0.573. The van der Waals surface area contributed by atoms with E-state index in [1.54, 1.807) is 6.07 Å². The Morgan fingerprint density at radius 3 is 2.07 bits per heavy atom. The van der Waals surface area contributed by atoms with Gasteiger partial charge in [0.25, 0.3) is 0 Å². The molecule has 0 aromatic carbocycles. The lowest BCUT2D eigenvalue weighted by Gasteiger charge is -2.01. The van der Waals surface area contributed by atoms with Crippen molar-refractivity contribution in [1.82, 2.24) is 0 Å². The lowest BCUT2D eigenvalue weighted by atomic mass is 10.1. The van der Waals surface area contributed by atoms with Gasteiger partial charge in [-0.15, -0.1) is 0 Å². The molecule has 0 spiro atoms. The zero-order valence-corrected chi connectivity index (χ0v) is 10.4. The number of hydrogen-bond acceptors (Lipinski definition) is 3. The van der Waals surface area contributed by atoms with Crippen molar-refractivity contribution in [3.8, 4) is 6.07 Å². The summed E-state index contributed by atoms with van der Waals surface area (Å²) in [6.45, 7) is 2.18. The second-order valence-electron chi connectivity index (χ2n) is 3.87. The summed E-state index contributed by atoms with van der Waals surface area (Å²) in [4.78, 5) is 0. The Labute approximate surface area is 93.4 Å². The van der Waals surface area contributed by atoms with Crippen molar-refractivity contribution in [3.63, 3.8) is 0 Å². The summed E-state index contributed by atoms with van der Waals surface area (Å²) in [5.74, 6) is -0.156. The van der Waals surface area contributed by atoms with Crippen molar-refractivity contribution in [1.29, 1.82) is 5.26 Å². The molecule has 0 saturated heterocycles. The SMILES string of the molecule is CCCCCCCCCS(=O)(=O)CC#N. The van der Waals surface area contributed by atoms with E-state index in [0.717, 1.165) is 12.8 Å². The monoisotopic (exact) mass is 231 g/mol. The fraction of sp³-hybridized carbons (Fsp3) is 0.909. The van der Waals surface area contributed by atoms with Crippen LogP contribution in [0, 0.1) is 11.3 Å². The fourth-order valence-electron chi connectivity index (χ4n) is 1.45. The zero-order valence-electron chi connectivity index (χ0n) is 9.54. The van der Waals surface area contributed by atoms with E-state index in [2.05, 4.69) is 6.92 Å². The molecule has 0 atom stereocenters. The van der Waals surface area contributed by atoms with Crippen LogP contribution in [0.5, 0.6) is 0 Å². The normalized spacial score (nSPS) is 11.2. The molecule has 0 aliphatic rings. The minimum Gasteiger partial charge on any atom is -0.228 e. The molecule has 0 heterocycles. The van der Waals surface area contributed by atoms with Gasteiger partial charge < -0.3 is 0 Å². The number of rotatable bonds is 9. The van der Waals surface area contributed by atoms with Crippen molar-refractivity contribution < 1.29 is 8.42 Å². The van der Waals surface area contributed by atoms with E-state index in [1.165, 1.54) is 25.7 Å². The summed E-state index contributed by atoms with van der Waals surface area (Å²) in [5, 5.41) is 8.27.